The molecular weight excluding hydrogens is 212 g/mol. The van der Waals surface area contributed by atoms with E-state index in [1.807, 2.05) is 18.0 Å². The molecule has 0 bridgehead atoms. The van der Waals surface area contributed by atoms with Gasteiger partial charge in [0.25, 0.3) is 0 Å². The molecule has 1 fully saturated rings. The van der Waals surface area contributed by atoms with E-state index >= 15 is 0 Å². The highest BCUT2D eigenvalue weighted by Crippen LogP contribution is 2.30. The molecule has 0 saturated heterocycles. The van der Waals surface area contributed by atoms with Crippen molar-refractivity contribution in [3.8, 4) is 0 Å². The van der Waals surface area contributed by atoms with Crippen LogP contribution in [0, 0.1) is 11.8 Å². The van der Waals surface area contributed by atoms with Crippen LogP contribution in [0.15, 0.2) is 12.7 Å². The van der Waals surface area contributed by atoms with Crippen molar-refractivity contribution < 1.29 is 4.79 Å². The van der Waals surface area contributed by atoms with Crippen molar-refractivity contribution in [1.29, 1.82) is 0 Å². The predicted octanol–water partition coefficient (Wildman–Crippen LogP) is 2.18. The van der Waals surface area contributed by atoms with Gasteiger partial charge in [0.1, 0.15) is 0 Å². The summed E-state index contributed by atoms with van der Waals surface area (Å²) in [6.45, 7) is 5.18. The van der Waals surface area contributed by atoms with Crippen LogP contribution in [-0.4, -0.2) is 30.9 Å². The average Bonchev–Trinajstić information content (AvgIpc) is 2.38. The van der Waals surface area contributed by atoms with Gasteiger partial charge in [0.15, 0.2) is 0 Å². The summed E-state index contributed by atoms with van der Waals surface area (Å²) in [5, 5.41) is 0. The van der Waals surface area contributed by atoms with E-state index in [-0.39, 0.29) is 5.92 Å². The third-order valence-corrected chi connectivity index (χ3v) is 3.81. The summed E-state index contributed by atoms with van der Waals surface area (Å²) in [6, 6.07) is 0. The summed E-state index contributed by atoms with van der Waals surface area (Å²) in [6.07, 6.45) is 8.43. The third kappa shape index (κ3) is 4.15. The molecular formula is C14H26N2O. The van der Waals surface area contributed by atoms with Crippen molar-refractivity contribution in [3.05, 3.63) is 12.7 Å². The maximum Gasteiger partial charge on any atom is 0.225 e. The van der Waals surface area contributed by atoms with Crippen LogP contribution in [0.2, 0.25) is 0 Å². The second-order valence-corrected chi connectivity index (χ2v) is 5.08. The van der Waals surface area contributed by atoms with Crippen LogP contribution in [0.4, 0.5) is 0 Å². The summed E-state index contributed by atoms with van der Waals surface area (Å²) >= 11 is 0. The van der Waals surface area contributed by atoms with Crippen LogP contribution in [0.25, 0.3) is 0 Å². The minimum Gasteiger partial charge on any atom is -0.346 e. The van der Waals surface area contributed by atoms with Gasteiger partial charge >= 0.3 is 0 Å². The second kappa shape index (κ2) is 7.49. The van der Waals surface area contributed by atoms with Gasteiger partial charge in [-0.25, -0.2) is 0 Å². The highest BCUT2D eigenvalue weighted by atomic mass is 16.2. The summed E-state index contributed by atoms with van der Waals surface area (Å²) in [7, 11) is 1.91. The highest BCUT2D eigenvalue weighted by Gasteiger charge is 2.31. The Bertz CT molecular complexity index is 253. The predicted molar refractivity (Wildman–Crippen MR) is 71.6 cm³/mol. The molecule has 0 aromatic carbocycles. The van der Waals surface area contributed by atoms with Gasteiger partial charge in [0.2, 0.25) is 5.91 Å². The number of unbranched alkanes of at least 4 members (excludes halogenated alkanes) is 1. The first-order valence-corrected chi connectivity index (χ1v) is 6.76. The minimum absolute atomic E-state index is 0.169. The lowest BCUT2D eigenvalue weighted by Gasteiger charge is -2.32. The molecule has 0 heterocycles. The fraction of sp³-hybridized carbons (Fsp3) is 0.786. The van der Waals surface area contributed by atoms with Gasteiger partial charge in [0, 0.05) is 19.5 Å². The molecule has 3 heteroatoms. The number of allylic oxidation sites excluding steroid dienone is 1. The number of hydrogen-bond donors (Lipinski definition) is 1. The SMILES string of the molecule is C=CCCCN(C)C(=O)C1CCCCC1CN. The summed E-state index contributed by atoms with van der Waals surface area (Å²) in [5.41, 5.74) is 5.77. The van der Waals surface area contributed by atoms with Crippen LogP contribution in [0.5, 0.6) is 0 Å². The van der Waals surface area contributed by atoms with E-state index in [1.54, 1.807) is 0 Å². The maximum atomic E-state index is 12.3. The molecule has 1 rings (SSSR count). The van der Waals surface area contributed by atoms with Crippen LogP contribution in [0.3, 0.4) is 0 Å². The van der Waals surface area contributed by atoms with Gasteiger partial charge in [-0.1, -0.05) is 18.9 Å². The lowest BCUT2D eigenvalue weighted by Crippen LogP contribution is -2.40. The molecule has 98 valence electrons. The first-order chi connectivity index (χ1) is 8.20. The van der Waals surface area contributed by atoms with Crippen LogP contribution in [0.1, 0.15) is 38.5 Å². The topological polar surface area (TPSA) is 46.3 Å². The molecule has 2 unspecified atom stereocenters. The fourth-order valence-electron chi connectivity index (χ4n) is 2.68. The van der Waals surface area contributed by atoms with Crippen molar-refractivity contribution >= 4 is 5.91 Å². The van der Waals surface area contributed by atoms with Gasteiger partial charge in [0.05, 0.1) is 0 Å². The molecule has 0 spiro atoms. The fourth-order valence-corrected chi connectivity index (χ4v) is 2.68. The molecule has 0 aromatic heterocycles. The zero-order chi connectivity index (χ0) is 12.7. The Hall–Kier alpha value is -0.830. The van der Waals surface area contributed by atoms with Gasteiger partial charge in [-0.05, 0) is 38.1 Å². The molecule has 17 heavy (non-hydrogen) atoms. The van der Waals surface area contributed by atoms with E-state index in [9.17, 15) is 4.79 Å². The Morgan fingerprint density at radius 1 is 1.47 bits per heavy atom. The Balaban J connectivity index is 2.45. The molecule has 0 aliphatic heterocycles. The van der Waals surface area contributed by atoms with Crippen LogP contribution >= 0.6 is 0 Å². The number of amides is 1. The summed E-state index contributed by atoms with van der Waals surface area (Å²) < 4.78 is 0. The molecule has 0 radical (unpaired) electrons. The average molecular weight is 238 g/mol. The van der Waals surface area contributed by atoms with Crippen molar-refractivity contribution in [2.75, 3.05) is 20.1 Å². The maximum absolute atomic E-state index is 12.3. The van der Waals surface area contributed by atoms with Crippen molar-refractivity contribution in [3.63, 3.8) is 0 Å². The summed E-state index contributed by atoms with van der Waals surface area (Å²) in [4.78, 5) is 14.2. The molecule has 1 amide bonds. The molecule has 1 aliphatic carbocycles. The number of nitrogens with two attached hydrogens (primary N) is 1. The Morgan fingerprint density at radius 2 is 2.18 bits per heavy atom. The lowest BCUT2D eigenvalue weighted by molar-refractivity contribution is -0.137. The van der Waals surface area contributed by atoms with E-state index in [0.29, 0.717) is 18.4 Å². The van der Waals surface area contributed by atoms with Gasteiger partial charge < -0.3 is 10.6 Å². The number of carbonyl (C=O) groups excluding carboxylic acids is 1. The molecule has 2 atom stereocenters. The number of nitrogens with zero attached hydrogens (tertiary/aromatic N) is 1. The monoisotopic (exact) mass is 238 g/mol. The van der Waals surface area contributed by atoms with Crippen molar-refractivity contribution in [2.45, 2.75) is 38.5 Å². The highest BCUT2D eigenvalue weighted by molar-refractivity contribution is 5.79. The number of carbonyl (C=O) groups is 1. The van der Waals surface area contributed by atoms with Gasteiger partial charge in [-0.3, -0.25) is 4.79 Å². The zero-order valence-electron chi connectivity index (χ0n) is 11.0. The molecule has 1 aliphatic rings. The molecule has 2 N–H and O–H groups in total. The van der Waals surface area contributed by atoms with E-state index < -0.39 is 0 Å². The standard InChI is InChI=1S/C14H26N2O/c1-3-4-7-10-16(2)14(17)13-9-6-5-8-12(13)11-15/h3,12-13H,1,4-11,15H2,2H3. The second-order valence-electron chi connectivity index (χ2n) is 5.08. The smallest absolute Gasteiger partial charge is 0.225 e. The van der Waals surface area contributed by atoms with Crippen LogP contribution in [-0.2, 0) is 4.79 Å². The van der Waals surface area contributed by atoms with Gasteiger partial charge in [-0.15, -0.1) is 6.58 Å². The Labute approximate surface area is 105 Å². The van der Waals surface area contributed by atoms with Gasteiger partial charge in [-0.2, -0.15) is 0 Å². The van der Waals surface area contributed by atoms with Crippen LogP contribution < -0.4 is 5.73 Å². The molecule has 0 aromatic rings. The minimum atomic E-state index is 0.169. The number of rotatable bonds is 6. The molecule has 1 saturated carbocycles. The first-order valence-electron chi connectivity index (χ1n) is 6.76. The van der Waals surface area contributed by atoms with E-state index in [0.717, 1.165) is 32.2 Å². The first kappa shape index (κ1) is 14.2. The normalized spacial score (nSPS) is 24.4. The third-order valence-electron chi connectivity index (χ3n) is 3.81. The zero-order valence-corrected chi connectivity index (χ0v) is 11.0. The quantitative estimate of drug-likeness (QED) is 0.569. The lowest BCUT2D eigenvalue weighted by atomic mass is 9.78. The van der Waals surface area contributed by atoms with Crippen molar-refractivity contribution in [2.24, 2.45) is 17.6 Å². The largest absolute Gasteiger partial charge is 0.346 e. The van der Waals surface area contributed by atoms with Crippen molar-refractivity contribution in [1.82, 2.24) is 4.90 Å². The summed E-state index contributed by atoms with van der Waals surface area (Å²) in [5.74, 6) is 0.866. The van der Waals surface area contributed by atoms with E-state index in [1.165, 1.54) is 12.8 Å². The molecule has 3 nitrogen and oxygen atoms in total. The Kier molecular flexibility index (Phi) is 6.27. The number of hydrogen-bond acceptors (Lipinski definition) is 2. The Morgan fingerprint density at radius 3 is 2.82 bits per heavy atom. The van der Waals surface area contributed by atoms with E-state index in [4.69, 9.17) is 5.73 Å². The van der Waals surface area contributed by atoms with E-state index in [2.05, 4.69) is 6.58 Å².